The van der Waals surface area contributed by atoms with E-state index in [1.807, 2.05) is 36.4 Å². The lowest BCUT2D eigenvalue weighted by Crippen LogP contribution is -2.22. The number of halogens is 1. The van der Waals surface area contributed by atoms with E-state index in [1.54, 1.807) is 31.5 Å². The summed E-state index contributed by atoms with van der Waals surface area (Å²) in [4.78, 5) is 8.74. The van der Waals surface area contributed by atoms with Gasteiger partial charge in [-0.15, -0.1) is 0 Å². The van der Waals surface area contributed by atoms with Crippen molar-refractivity contribution in [1.29, 1.82) is 0 Å². The molecule has 0 amide bonds. The Morgan fingerprint density at radius 2 is 1.90 bits per heavy atom. The fourth-order valence-electron chi connectivity index (χ4n) is 2.71. The molecule has 0 radical (unpaired) electrons. The minimum atomic E-state index is 0.239. The van der Waals surface area contributed by atoms with Gasteiger partial charge in [-0.25, -0.2) is 9.98 Å². The molecule has 0 unspecified atom stereocenters. The minimum absolute atomic E-state index is 0.239. The molecule has 31 heavy (non-hydrogen) atoms. The van der Waals surface area contributed by atoms with Crippen LogP contribution in [0.25, 0.3) is 0 Å². The van der Waals surface area contributed by atoms with Gasteiger partial charge >= 0.3 is 0 Å². The quantitative estimate of drug-likeness (QED) is 0.348. The number of para-hydroxylation sites is 2. The van der Waals surface area contributed by atoms with Gasteiger partial charge in [0.25, 0.3) is 0 Å². The van der Waals surface area contributed by atoms with Gasteiger partial charge in [0.15, 0.2) is 17.5 Å². The van der Waals surface area contributed by atoms with E-state index in [1.165, 1.54) is 0 Å². The fraction of sp³-hybridized carbons (Fsp3) is 0.217. The van der Waals surface area contributed by atoms with Crippen LogP contribution < -0.4 is 25.3 Å². The third kappa shape index (κ3) is 6.26. The summed E-state index contributed by atoms with van der Waals surface area (Å²) in [6, 6.07) is 16.5. The summed E-state index contributed by atoms with van der Waals surface area (Å²) in [6.45, 7) is 2.94. The van der Waals surface area contributed by atoms with E-state index in [0.29, 0.717) is 40.4 Å². The molecular formula is C23H25ClN4O3. The van der Waals surface area contributed by atoms with Gasteiger partial charge in [-0.3, -0.25) is 0 Å². The van der Waals surface area contributed by atoms with Crippen molar-refractivity contribution in [1.82, 2.24) is 4.98 Å². The number of benzene rings is 2. The van der Waals surface area contributed by atoms with Crippen LogP contribution in [0.15, 0.2) is 65.8 Å². The van der Waals surface area contributed by atoms with Crippen LogP contribution in [0.5, 0.6) is 23.1 Å². The molecule has 1 heterocycles. The Bertz CT molecular complexity index is 1040. The van der Waals surface area contributed by atoms with E-state index < -0.39 is 0 Å². The first-order valence-corrected chi connectivity index (χ1v) is 10.2. The number of methoxy groups -OCH3 is 1. The Labute approximate surface area is 186 Å². The lowest BCUT2D eigenvalue weighted by Gasteiger charge is -2.13. The zero-order valence-corrected chi connectivity index (χ0v) is 18.2. The molecule has 0 fully saturated rings. The average molecular weight is 441 g/mol. The Balaban J connectivity index is 1.71. The molecule has 0 aliphatic carbocycles. The molecule has 7 nitrogen and oxygen atoms in total. The topological polar surface area (TPSA) is 91.0 Å². The molecule has 3 rings (SSSR count). The maximum atomic E-state index is 6.15. The smallest absolute Gasteiger partial charge is 0.224 e. The van der Waals surface area contributed by atoms with Crippen molar-refractivity contribution < 1.29 is 14.2 Å². The van der Waals surface area contributed by atoms with Crippen LogP contribution in [-0.4, -0.2) is 24.7 Å². The second-order valence-corrected chi connectivity index (χ2v) is 6.95. The first-order valence-electron chi connectivity index (χ1n) is 9.84. The molecule has 2 aromatic carbocycles. The molecule has 8 heteroatoms. The van der Waals surface area contributed by atoms with Crippen LogP contribution in [0.1, 0.15) is 18.9 Å². The lowest BCUT2D eigenvalue weighted by molar-refractivity contribution is 0.300. The highest BCUT2D eigenvalue weighted by atomic mass is 35.5. The summed E-state index contributed by atoms with van der Waals surface area (Å²) in [7, 11) is 1.56. The summed E-state index contributed by atoms with van der Waals surface area (Å²) in [6.07, 6.45) is 2.57. The SMILES string of the molecule is CCCOc1ccccc1Oc1ncccc1CN=C(N)Nc1ccc(OC)c(Cl)c1. The summed E-state index contributed by atoms with van der Waals surface area (Å²) < 4.78 is 16.9. The number of pyridine rings is 1. The van der Waals surface area contributed by atoms with E-state index in [4.69, 9.17) is 31.5 Å². The summed E-state index contributed by atoms with van der Waals surface area (Å²) >= 11 is 6.15. The summed E-state index contributed by atoms with van der Waals surface area (Å²) in [5.74, 6) is 2.53. The number of aromatic nitrogens is 1. The number of hydrogen-bond donors (Lipinski definition) is 2. The van der Waals surface area contributed by atoms with Crippen molar-refractivity contribution in [3.8, 4) is 23.1 Å². The fourth-order valence-corrected chi connectivity index (χ4v) is 2.97. The van der Waals surface area contributed by atoms with Crippen molar-refractivity contribution >= 4 is 23.2 Å². The molecule has 3 N–H and O–H groups in total. The third-order valence-corrected chi connectivity index (χ3v) is 4.51. The zero-order chi connectivity index (χ0) is 22.1. The van der Waals surface area contributed by atoms with Gasteiger partial charge in [0, 0.05) is 17.4 Å². The van der Waals surface area contributed by atoms with Gasteiger partial charge < -0.3 is 25.3 Å². The van der Waals surface area contributed by atoms with Crippen LogP contribution in [0, 0.1) is 0 Å². The van der Waals surface area contributed by atoms with Gasteiger partial charge in [0.2, 0.25) is 5.88 Å². The van der Waals surface area contributed by atoms with Crippen molar-refractivity contribution in [3.63, 3.8) is 0 Å². The van der Waals surface area contributed by atoms with E-state index >= 15 is 0 Å². The standard InChI is InChI=1S/C23H25ClN4O3/c1-3-13-30-20-8-4-5-9-21(20)31-22-16(7-6-12-26-22)15-27-23(25)28-17-10-11-19(29-2)18(24)14-17/h4-12,14H,3,13,15H2,1-2H3,(H3,25,27,28). The van der Waals surface area contributed by atoms with Crippen LogP contribution in [0.3, 0.4) is 0 Å². The molecule has 0 saturated carbocycles. The maximum absolute atomic E-state index is 6.15. The van der Waals surface area contributed by atoms with E-state index in [9.17, 15) is 0 Å². The summed E-state index contributed by atoms with van der Waals surface area (Å²) in [5.41, 5.74) is 7.53. The number of hydrogen-bond acceptors (Lipinski definition) is 5. The molecule has 0 aliphatic rings. The lowest BCUT2D eigenvalue weighted by atomic mass is 10.2. The monoisotopic (exact) mass is 440 g/mol. The van der Waals surface area contributed by atoms with Gasteiger partial charge in [0.1, 0.15) is 5.75 Å². The van der Waals surface area contributed by atoms with Gasteiger partial charge in [-0.1, -0.05) is 36.7 Å². The Morgan fingerprint density at radius 3 is 2.65 bits per heavy atom. The van der Waals surface area contributed by atoms with Crippen LogP contribution in [0.4, 0.5) is 5.69 Å². The highest BCUT2D eigenvalue weighted by molar-refractivity contribution is 6.32. The number of rotatable bonds is 9. The first kappa shape index (κ1) is 22.2. The van der Waals surface area contributed by atoms with Crippen LogP contribution in [0.2, 0.25) is 5.02 Å². The summed E-state index contributed by atoms with van der Waals surface area (Å²) in [5, 5.41) is 3.49. The van der Waals surface area contributed by atoms with Gasteiger partial charge in [-0.05, 0) is 42.8 Å². The third-order valence-electron chi connectivity index (χ3n) is 4.21. The number of ether oxygens (including phenoxy) is 3. The van der Waals surface area contributed by atoms with Crippen molar-refractivity contribution in [2.75, 3.05) is 19.0 Å². The predicted molar refractivity (Wildman–Crippen MR) is 123 cm³/mol. The molecule has 0 saturated heterocycles. The molecular weight excluding hydrogens is 416 g/mol. The van der Waals surface area contributed by atoms with Crippen molar-refractivity contribution in [3.05, 3.63) is 71.4 Å². The van der Waals surface area contributed by atoms with E-state index in [2.05, 4.69) is 22.2 Å². The Hall–Kier alpha value is -3.45. The number of nitrogens with zero attached hydrogens (tertiary/aromatic N) is 2. The minimum Gasteiger partial charge on any atom is -0.495 e. The normalized spacial score (nSPS) is 11.1. The van der Waals surface area contributed by atoms with Crippen LogP contribution >= 0.6 is 11.6 Å². The number of guanidine groups is 1. The largest absolute Gasteiger partial charge is 0.495 e. The number of aliphatic imine (C=N–C) groups is 1. The van der Waals surface area contributed by atoms with E-state index in [0.717, 1.165) is 12.0 Å². The average Bonchev–Trinajstić information content (AvgIpc) is 2.78. The molecule has 162 valence electrons. The first-order chi connectivity index (χ1) is 15.1. The molecule has 3 aromatic rings. The van der Waals surface area contributed by atoms with E-state index in [-0.39, 0.29) is 12.5 Å². The predicted octanol–water partition coefficient (Wildman–Crippen LogP) is 5.25. The number of nitrogens with two attached hydrogens (primary N) is 1. The molecule has 0 aliphatic heterocycles. The Kier molecular flexibility index (Phi) is 7.95. The molecule has 0 atom stereocenters. The molecule has 1 aromatic heterocycles. The second-order valence-electron chi connectivity index (χ2n) is 6.54. The Morgan fingerprint density at radius 1 is 1.10 bits per heavy atom. The van der Waals surface area contributed by atoms with Gasteiger partial charge in [0.05, 0.1) is 25.3 Å². The number of nitrogens with one attached hydrogen (secondary N) is 1. The zero-order valence-electron chi connectivity index (χ0n) is 17.5. The van der Waals surface area contributed by atoms with Crippen molar-refractivity contribution in [2.24, 2.45) is 10.7 Å². The second kappa shape index (κ2) is 11.1. The van der Waals surface area contributed by atoms with Gasteiger partial charge in [-0.2, -0.15) is 0 Å². The van der Waals surface area contributed by atoms with Crippen molar-refractivity contribution in [2.45, 2.75) is 19.9 Å². The highest BCUT2D eigenvalue weighted by Gasteiger charge is 2.10. The molecule has 0 spiro atoms. The van der Waals surface area contributed by atoms with Crippen LogP contribution in [-0.2, 0) is 6.54 Å². The number of anilines is 1. The maximum Gasteiger partial charge on any atom is 0.224 e. The highest BCUT2D eigenvalue weighted by Crippen LogP contribution is 2.32. The molecule has 0 bridgehead atoms.